The van der Waals surface area contributed by atoms with E-state index in [2.05, 4.69) is 0 Å². The molecular weight excluding hydrogens is 432 g/mol. The molecule has 1 fully saturated rings. The Bertz CT molecular complexity index is 1060. The molecule has 1 atom stereocenters. The van der Waals surface area contributed by atoms with Crippen molar-refractivity contribution in [2.24, 2.45) is 0 Å². The molecule has 2 aromatic rings. The molecule has 0 bridgehead atoms. The zero-order valence-corrected chi connectivity index (χ0v) is 20.6. The Labute approximate surface area is 201 Å². The first-order chi connectivity index (χ1) is 16.3. The summed E-state index contributed by atoms with van der Waals surface area (Å²) in [5.74, 6) is -0.332. The number of benzene rings is 2. The summed E-state index contributed by atoms with van der Waals surface area (Å²) >= 11 is 0. The Hall–Kier alpha value is -3.32. The molecule has 1 saturated heterocycles. The first kappa shape index (κ1) is 25.3. The molecular formula is C27H34N2O5. The topological polar surface area (TPSA) is 79.3 Å². The minimum Gasteiger partial charge on any atom is -0.507 e. The van der Waals surface area contributed by atoms with Crippen molar-refractivity contribution in [2.75, 3.05) is 40.4 Å². The first-order valence-electron chi connectivity index (χ1n) is 11.7. The van der Waals surface area contributed by atoms with Gasteiger partial charge in [0.1, 0.15) is 5.76 Å². The minimum absolute atomic E-state index is 0.0883. The lowest BCUT2D eigenvalue weighted by Gasteiger charge is -2.26. The van der Waals surface area contributed by atoms with Gasteiger partial charge in [-0.1, -0.05) is 35.9 Å². The summed E-state index contributed by atoms with van der Waals surface area (Å²) in [6.07, 6.45) is 0.691. The van der Waals surface area contributed by atoms with Crippen LogP contribution >= 0.6 is 0 Å². The number of amides is 1. The van der Waals surface area contributed by atoms with Gasteiger partial charge in [-0.25, -0.2) is 0 Å². The number of Topliss-reactive ketones (excluding diaryl/α,β-unsaturated/α-hetero) is 1. The second kappa shape index (κ2) is 11.2. The van der Waals surface area contributed by atoms with E-state index in [1.54, 1.807) is 29.2 Å². The van der Waals surface area contributed by atoms with E-state index in [1.807, 2.05) is 58.0 Å². The third-order valence-electron chi connectivity index (χ3n) is 5.75. The lowest BCUT2D eigenvalue weighted by molar-refractivity contribution is -0.139. The predicted octanol–water partition coefficient (Wildman–Crippen LogP) is 4.17. The van der Waals surface area contributed by atoms with Gasteiger partial charge in [0, 0.05) is 12.1 Å². The zero-order valence-electron chi connectivity index (χ0n) is 20.6. The molecule has 1 aliphatic heterocycles. The number of aliphatic hydroxyl groups is 1. The van der Waals surface area contributed by atoms with Crippen LogP contribution in [0, 0.1) is 6.92 Å². The van der Waals surface area contributed by atoms with Gasteiger partial charge in [0.15, 0.2) is 11.5 Å². The summed E-state index contributed by atoms with van der Waals surface area (Å²) in [4.78, 5) is 29.9. The predicted molar refractivity (Wildman–Crippen MR) is 132 cm³/mol. The number of ether oxygens (including phenoxy) is 2. The van der Waals surface area contributed by atoms with E-state index >= 15 is 0 Å². The van der Waals surface area contributed by atoms with Crippen LogP contribution < -0.4 is 9.47 Å². The summed E-state index contributed by atoms with van der Waals surface area (Å²) in [5.41, 5.74) is 2.30. The SMILES string of the molecule is CCOc1ccc(C2/C(=C(/O)c3ccc(C)cc3)C(=O)C(=O)N2CCCN(C)C)cc1OCC. The van der Waals surface area contributed by atoms with Gasteiger partial charge >= 0.3 is 0 Å². The summed E-state index contributed by atoms with van der Waals surface area (Å²) in [5, 5.41) is 11.2. The Morgan fingerprint density at radius 1 is 1.00 bits per heavy atom. The maximum Gasteiger partial charge on any atom is 0.295 e. The molecule has 0 spiro atoms. The van der Waals surface area contributed by atoms with Crippen LogP contribution in [0.25, 0.3) is 5.76 Å². The van der Waals surface area contributed by atoms with Gasteiger partial charge in [-0.2, -0.15) is 0 Å². The average Bonchev–Trinajstić information content (AvgIpc) is 3.05. The van der Waals surface area contributed by atoms with Crippen molar-refractivity contribution in [2.45, 2.75) is 33.2 Å². The number of nitrogens with zero attached hydrogens (tertiary/aromatic N) is 2. The Morgan fingerprint density at radius 3 is 2.26 bits per heavy atom. The standard InChI is InChI=1S/C27H34N2O5/c1-6-33-21-14-13-20(17-22(21)34-7-2)24-23(25(30)19-11-9-18(3)10-12-19)26(31)27(32)29(24)16-8-15-28(4)5/h9-14,17,24,30H,6-8,15-16H2,1-5H3/b25-23-. The lowest BCUT2D eigenvalue weighted by Crippen LogP contribution is -2.32. The Kier molecular flexibility index (Phi) is 8.34. The number of hydrogen-bond acceptors (Lipinski definition) is 6. The molecule has 0 radical (unpaired) electrons. The van der Waals surface area contributed by atoms with Crippen molar-refractivity contribution in [1.82, 2.24) is 9.80 Å². The molecule has 1 unspecified atom stereocenters. The fourth-order valence-corrected chi connectivity index (χ4v) is 4.12. The molecule has 1 aliphatic rings. The summed E-state index contributed by atoms with van der Waals surface area (Å²) in [7, 11) is 3.92. The first-order valence-corrected chi connectivity index (χ1v) is 11.7. The quantitative estimate of drug-likeness (QED) is 0.322. The second-order valence-electron chi connectivity index (χ2n) is 8.59. The smallest absolute Gasteiger partial charge is 0.295 e. The number of aliphatic hydroxyl groups excluding tert-OH is 1. The molecule has 0 aliphatic carbocycles. The number of carbonyl (C=O) groups is 2. The average molecular weight is 467 g/mol. The maximum absolute atomic E-state index is 13.2. The molecule has 7 nitrogen and oxygen atoms in total. The van der Waals surface area contributed by atoms with Crippen molar-refractivity contribution in [3.63, 3.8) is 0 Å². The van der Waals surface area contributed by atoms with Crippen molar-refractivity contribution in [3.8, 4) is 11.5 Å². The zero-order chi connectivity index (χ0) is 24.8. The van der Waals surface area contributed by atoms with Crippen LogP contribution in [0.3, 0.4) is 0 Å². The second-order valence-corrected chi connectivity index (χ2v) is 8.59. The van der Waals surface area contributed by atoms with Crippen LogP contribution in [0.15, 0.2) is 48.0 Å². The maximum atomic E-state index is 13.2. The number of carbonyl (C=O) groups excluding carboxylic acids is 2. The third kappa shape index (κ3) is 5.42. The van der Waals surface area contributed by atoms with Crippen LogP contribution in [-0.2, 0) is 9.59 Å². The molecule has 0 aromatic heterocycles. The lowest BCUT2D eigenvalue weighted by atomic mass is 9.94. The van der Waals surface area contributed by atoms with E-state index in [-0.39, 0.29) is 11.3 Å². The van der Waals surface area contributed by atoms with E-state index in [4.69, 9.17) is 9.47 Å². The van der Waals surface area contributed by atoms with Crippen LogP contribution in [0.4, 0.5) is 0 Å². The highest BCUT2D eigenvalue weighted by atomic mass is 16.5. The normalized spacial score (nSPS) is 17.5. The molecule has 3 rings (SSSR count). The number of hydrogen-bond donors (Lipinski definition) is 1. The van der Waals surface area contributed by atoms with E-state index in [0.717, 1.165) is 12.1 Å². The molecule has 0 saturated carbocycles. The molecule has 7 heteroatoms. The number of ketones is 1. The molecule has 1 amide bonds. The van der Waals surface area contributed by atoms with Gasteiger partial charge in [0.05, 0.1) is 24.8 Å². The molecule has 1 N–H and O–H groups in total. The highest BCUT2D eigenvalue weighted by Gasteiger charge is 2.46. The summed E-state index contributed by atoms with van der Waals surface area (Å²) in [6.45, 7) is 7.79. The molecule has 2 aromatic carbocycles. The van der Waals surface area contributed by atoms with Gasteiger partial charge in [0.25, 0.3) is 11.7 Å². The largest absolute Gasteiger partial charge is 0.507 e. The highest BCUT2D eigenvalue weighted by Crippen LogP contribution is 2.42. The highest BCUT2D eigenvalue weighted by molar-refractivity contribution is 6.46. The van der Waals surface area contributed by atoms with Gasteiger partial charge in [-0.15, -0.1) is 0 Å². The van der Waals surface area contributed by atoms with Crippen molar-refractivity contribution in [3.05, 3.63) is 64.7 Å². The summed E-state index contributed by atoms with van der Waals surface area (Å²) in [6, 6.07) is 11.9. The van der Waals surface area contributed by atoms with E-state index in [1.165, 1.54) is 0 Å². The number of aryl methyl sites for hydroxylation is 1. The van der Waals surface area contributed by atoms with Gasteiger partial charge in [0.2, 0.25) is 0 Å². The van der Waals surface area contributed by atoms with E-state index in [0.29, 0.717) is 48.8 Å². The summed E-state index contributed by atoms with van der Waals surface area (Å²) < 4.78 is 11.5. The van der Waals surface area contributed by atoms with Crippen LogP contribution in [0.1, 0.15) is 43.0 Å². The minimum atomic E-state index is -0.724. The van der Waals surface area contributed by atoms with E-state index in [9.17, 15) is 14.7 Å². The van der Waals surface area contributed by atoms with Gasteiger partial charge < -0.3 is 24.4 Å². The Morgan fingerprint density at radius 2 is 1.65 bits per heavy atom. The van der Waals surface area contributed by atoms with Crippen LogP contribution in [-0.4, -0.2) is 67.0 Å². The third-order valence-corrected chi connectivity index (χ3v) is 5.75. The molecule has 182 valence electrons. The fourth-order valence-electron chi connectivity index (χ4n) is 4.12. The molecule has 1 heterocycles. The fraction of sp³-hybridized carbons (Fsp3) is 0.407. The van der Waals surface area contributed by atoms with Crippen LogP contribution in [0.2, 0.25) is 0 Å². The van der Waals surface area contributed by atoms with Crippen molar-refractivity contribution >= 4 is 17.4 Å². The van der Waals surface area contributed by atoms with E-state index < -0.39 is 17.7 Å². The Balaban J connectivity index is 2.13. The van der Waals surface area contributed by atoms with Gasteiger partial charge in [-0.05, 0) is 65.5 Å². The van der Waals surface area contributed by atoms with Crippen LogP contribution in [0.5, 0.6) is 11.5 Å². The molecule has 34 heavy (non-hydrogen) atoms. The number of likely N-dealkylation sites (tertiary alicyclic amines) is 1. The van der Waals surface area contributed by atoms with Crippen molar-refractivity contribution < 1.29 is 24.2 Å². The van der Waals surface area contributed by atoms with Crippen molar-refractivity contribution in [1.29, 1.82) is 0 Å². The van der Waals surface area contributed by atoms with Gasteiger partial charge in [-0.3, -0.25) is 9.59 Å². The monoisotopic (exact) mass is 466 g/mol. The number of rotatable bonds is 10.